The van der Waals surface area contributed by atoms with Crippen LogP contribution in [-0.2, 0) is 17.7 Å². The third-order valence-electron chi connectivity index (χ3n) is 5.15. The summed E-state index contributed by atoms with van der Waals surface area (Å²) < 4.78 is 18.4. The maximum absolute atomic E-state index is 12.7. The van der Waals surface area contributed by atoms with E-state index in [1.165, 1.54) is 18.2 Å². The van der Waals surface area contributed by atoms with Gasteiger partial charge in [-0.2, -0.15) is 5.10 Å². The number of rotatable bonds is 7. The van der Waals surface area contributed by atoms with Gasteiger partial charge in [0.05, 0.1) is 38.6 Å². The van der Waals surface area contributed by atoms with Crippen LogP contribution in [0.2, 0.25) is 0 Å². The highest BCUT2D eigenvalue weighted by Gasteiger charge is 2.26. The SMILES string of the molecule is COc1ccc(C(=O)NC[C@H]2OCCc3cn(Cc4ccccc4)nc32)c(OC)c1. The van der Waals surface area contributed by atoms with Crippen molar-refractivity contribution in [3.05, 3.63) is 77.1 Å². The molecule has 2 aromatic carbocycles. The molecule has 1 atom stereocenters. The first-order valence-corrected chi connectivity index (χ1v) is 9.90. The Balaban J connectivity index is 1.45. The van der Waals surface area contributed by atoms with E-state index in [0.717, 1.165) is 12.1 Å². The van der Waals surface area contributed by atoms with Gasteiger partial charge in [0.1, 0.15) is 17.6 Å². The van der Waals surface area contributed by atoms with Crippen LogP contribution in [-0.4, -0.2) is 43.1 Å². The molecular formula is C23H25N3O4. The first-order valence-electron chi connectivity index (χ1n) is 9.90. The van der Waals surface area contributed by atoms with Gasteiger partial charge in [0, 0.05) is 18.8 Å². The summed E-state index contributed by atoms with van der Waals surface area (Å²) in [6.45, 7) is 1.65. The van der Waals surface area contributed by atoms with Crippen LogP contribution in [0.1, 0.15) is 33.3 Å². The zero-order valence-corrected chi connectivity index (χ0v) is 17.1. The minimum Gasteiger partial charge on any atom is -0.497 e. The van der Waals surface area contributed by atoms with E-state index >= 15 is 0 Å². The third kappa shape index (κ3) is 4.31. The number of nitrogens with zero attached hydrogens (tertiary/aromatic N) is 2. The maximum atomic E-state index is 12.7. The Morgan fingerprint density at radius 3 is 2.80 bits per heavy atom. The van der Waals surface area contributed by atoms with Crippen molar-refractivity contribution >= 4 is 5.91 Å². The second-order valence-electron chi connectivity index (χ2n) is 7.11. The average molecular weight is 407 g/mol. The van der Waals surface area contributed by atoms with Gasteiger partial charge < -0.3 is 19.5 Å². The Morgan fingerprint density at radius 2 is 2.03 bits per heavy atom. The van der Waals surface area contributed by atoms with Gasteiger partial charge in [-0.25, -0.2) is 0 Å². The van der Waals surface area contributed by atoms with Gasteiger partial charge in [-0.05, 0) is 29.7 Å². The second kappa shape index (κ2) is 9.00. The molecule has 0 fully saturated rings. The first kappa shape index (κ1) is 20.0. The fourth-order valence-corrected chi connectivity index (χ4v) is 3.61. The monoisotopic (exact) mass is 407 g/mol. The van der Waals surface area contributed by atoms with Crippen molar-refractivity contribution in [2.45, 2.75) is 19.1 Å². The van der Waals surface area contributed by atoms with Crippen molar-refractivity contribution in [2.24, 2.45) is 0 Å². The molecule has 1 aromatic heterocycles. The van der Waals surface area contributed by atoms with E-state index in [9.17, 15) is 4.79 Å². The van der Waals surface area contributed by atoms with Crippen molar-refractivity contribution in [2.75, 3.05) is 27.4 Å². The number of hydrogen-bond acceptors (Lipinski definition) is 5. The molecule has 7 nitrogen and oxygen atoms in total. The molecule has 0 aliphatic carbocycles. The summed E-state index contributed by atoms with van der Waals surface area (Å²) in [5.41, 5.74) is 3.69. The van der Waals surface area contributed by atoms with Crippen LogP contribution < -0.4 is 14.8 Å². The second-order valence-corrected chi connectivity index (χ2v) is 7.11. The molecule has 7 heteroatoms. The predicted octanol–water partition coefficient (Wildman–Crippen LogP) is 2.99. The van der Waals surface area contributed by atoms with Gasteiger partial charge in [-0.1, -0.05) is 30.3 Å². The summed E-state index contributed by atoms with van der Waals surface area (Å²) in [5, 5.41) is 7.68. The molecule has 1 aliphatic rings. The summed E-state index contributed by atoms with van der Waals surface area (Å²) in [6.07, 6.45) is 2.62. The molecule has 0 unspecified atom stereocenters. The van der Waals surface area contributed by atoms with E-state index in [4.69, 9.17) is 19.3 Å². The summed E-state index contributed by atoms with van der Waals surface area (Å²) in [4.78, 5) is 12.7. The topological polar surface area (TPSA) is 74.6 Å². The molecule has 30 heavy (non-hydrogen) atoms. The van der Waals surface area contributed by atoms with Crippen LogP contribution in [0.15, 0.2) is 54.7 Å². The van der Waals surface area contributed by atoms with E-state index in [2.05, 4.69) is 23.6 Å². The molecule has 156 valence electrons. The molecule has 0 saturated carbocycles. The van der Waals surface area contributed by atoms with Gasteiger partial charge in [-0.3, -0.25) is 9.48 Å². The van der Waals surface area contributed by atoms with E-state index in [-0.39, 0.29) is 12.0 Å². The number of carbonyl (C=O) groups is 1. The molecule has 1 aliphatic heterocycles. The number of nitrogens with one attached hydrogen (secondary N) is 1. The van der Waals surface area contributed by atoms with Crippen LogP contribution in [0, 0.1) is 0 Å². The van der Waals surface area contributed by atoms with E-state index in [1.807, 2.05) is 22.9 Å². The van der Waals surface area contributed by atoms with E-state index in [1.54, 1.807) is 25.3 Å². The van der Waals surface area contributed by atoms with Crippen molar-refractivity contribution in [3.8, 4) is 11.5 Å². The molecular weight excluding hydrogens is 382 g/mol. The molecule has 0 saturated heterocycles. The number of aromatic nitrogens is 2. The zero-order valence-electron chi connectivity index (χ0n) is 17.1. The fourth-order valence-electron chi connectivity index (χ4n) is 3.61. The van der Waals surface area contributed by atoms with Crippen LogP contribution in [0.5, 0.6) is 11.5 Å². The van der Waals surface area contributed by atoms with E-state index in [0.29, 0.717) is 36.8 Å². The van der Waals surface area contributed by atoms with Crippen molar-refractivity contribution in [3.63, 3.8) is 0 Å². The van der Waals surface area contributed by atoms with Crippen molar-refractivity contribution in [1.29, 1.82) is 0 Å². The Labute approximate surface area is 175 Å². The Bertz CT molecular complexity index is 1020. The Kier molecular flexibility index (Phi) is 5.99. The number of ether oxygens (including phenoxy) is 3. The number of amides is 1. The minimum atomic E-state index is -0.279. The predicted molar refractivity (Wildman–Crippen MR) is 112 cm³/mol. The molecule has 0 spiro atoms. The lowest BCUT2D eigenvalue weighted by Crippen LogP contribution is -2.32. The highest BCUT2D eigenvalue weighted by molar-refractivity contribution is 5.97. The molecule has 3 aromatic rings. The smallest absolute Gasteiger partial charge is 0.255 e. The largest absolute Gasteiger partial charge is 0.497 e. The van der Waals surface area contributed by atoms with Gasteiger partial charge in [0.25, 0.3) is 5.91 Å². The highest BCUT2D eigenvalue weighted by atomic mass is 16.5. The number of hydrogen-bond donors (Lipinski definition) is 1. The highest BCUT2D eigenvalue weighted by Crippen LogP contribution is 2.27. The molecule has 4 rings (SSSR count). The first-order chi connectivity index (χ1) is 14.7. The number of benzene rings is 2. The summed E-state index contributed by atoms with van der Waals surface area (Å²) in [6, 6.07) is 15.3. The standard InChI is InChI=1S/C23H25N3O4/c1-28-18-8-9-19(20(12-18)29-2)23(27)24-13-21-22-17(10-11-30-21)15-26(25-22)14-16-6-4-3-5-7-16/h3-9,12,15,21H,10-11,13-14H2,1-2H3,(H,24,27)/t21-/m1/s1. The van der Waals surface area contributed by atoms with Crippen molar-refractivity contribution in [1.82, 2.24) is 15.1 Å². The minimum absolute atomic E-state index is 0.228. The zero-order chi connectivity index (χ0) is 20.9. The summed E-state index contributed by atoms with van der Waals surface area (Å²) in [7, 11) is 3.10. The fraction of sp³-hybridized carbons (Fsp3) is 0.304. The summed E-state index contributed by atoms with van der Waals surface area (Å²) in [5.74, 6) is 0.866. The Hall–Kier alpha value is -3.32. The van der Waals surface area contributed by atoms with Crippen LogP contribution in [0.4, 0.5) is 0 Å². The molecule has 0 radical (unpaired) electrons. The number of methoxy groups -OCH3 is 2. The summed E-state index contributed by atoms with van der Waals surface area (Å²) >= 11 is 0. The van der Waals surface area contributed by atoms with Crippen LogP contribution >= 0.6 is 0 Å². The van der Waals surface area contributed by atoms with Crippen LogP contribution in [0.25, 0.3) is 0 Å². The van der Waals surface area contributed by atoms with Gasteiger partial charge in [-0.15, -0.1) is 0 Å². The average Bonchev–Trinajstić information content (AvgIpc) is 3.20. The maximum Gasteiger partial charge on any atom is 0.255 e. The van der Waals surface area contributed by atoms with Gasteiger partial charge in [0.2, 0.25) is 0 Å². The molecule has 0 bridgehead atoms. The number of carbonyl (C=O) groups excluding carboxylic acids is 1. The lowest BCUT2D eigenvalue weighted by Gasteiger charge is -2.22. The lowest BCUT2D eigenvalue weighted by atomic mass is 10.1. The molecule has 1 amide bonds. The molecule has 2 heterocycles. The van der Waals surface area contributed by atoms with E-state index < -0.39 is 0 Å². The Morgan fingerprint density at radius 1 is 1.20 bits per heavy atom. The quantitative estimate of drug-likeness (QED) is 0.652. The normalized spacial score (nSPS) is 15.3. The van der Waals surface area contributed by atoms with Gasteiger partial charge >= 0.3 is 0 Å². The number of fused-ring (bicyclic) bond motifs is 1. The van der Waals surface area contributed by atoms with Crippen LogP contribution in [0.3, 0.4) is 0 Å². The van der Waals surface area contributed by atoms with Crippen molar-refractivity contribution < 1.29 is 19.0 Å². The third-order valence-corrected chi connectivity index (χ3v) is 5.15. The molecule has 1 N–H and O–H groups in total. The lowest BCUT2D eigenvalue weighted by molar-refractivity contribution is 0.0383. The van der Waals surface area contributed by atoms with Gasteiger partial charge in [0.15, 0.2) is 0 Å².